The fourth-order valence-electron chi connectivity index (χ4n) is 1.92. The number of nitro benzene ring substituents is 1. The minimum Gasteiger partial charge on any atom is -0.380 e. The van der Waals surface area contributed by atoms with Gasteiger partial charge in [0.1, 0.15) is 5.69 Å². The maximum atomic E-state index is 11.1. The zero-order valence-corrected chi connectivity index (χ0v) is 12.1. The number of rotatable bonds is 7. The Bertz CT molecular complexity index is 435. The van der Waals surface area contributed by atoms with E-state index in [9.17, 15) is 10.1 Å². The van der Waals surface area contributed by atoms with Crippen molar-refractivity contribution in [2.24, 2.45) is 0 Å². The van der Waals surface area contributed by atoms with Crippen LogP contribution in [0.4, 0.5) is 11.4 Å². The largest absolute Gasteiger partial charge is 0.380 e. The van der Waals surface area contributed by atoms with Gasteiger partial charge in [-0.05, 0) is 38.9 Å². The molecule has 0 fully saturated rings. The van der Waals surface area contributed by atoms with E-state index in [0.29, 0.717) is 18.3 Å². The first-order valence-electron chi connectivity index (χ1n) is 6.71. The van der Waals surface area contributed by atoms with Crippen LogP contribution in [-0.2, 0) is 6.54 Å². The molecule has 1 rings (SSSR count). The molecule has 0 heterocycles. The molecule has 1 aromatic carbocycles. The summed E-state index contributed by atoms with van der Waals surface area (Å²) in [6.45, 7) is 7.61. The minimum atomic E-state index is -0.329. The summed E-state index contributed by atoms with van der Waals surface area (Å²) in [5.74, 6) is 0. The van der Waals surface area contributed by atoms with Gasteiger partial charge in [-0.2, -0.15) is 0 Å². The molecule has 0 aliphatic rings. The normalized spacial score (nSPS) is 12.5. The third kappa shape index (κ3) is 4.21. The molecule has 0 spiro atoms. The lowest BCUT2D eigenvalue weighted by Crippen LogP contribution is -2.27. The van der Waals surface area contributed by atoms with Crippen molar-refractivity contribution in [3.8, 4) is 0 Å². The molecule has 5 nitrogen and oxygen atoms in total. The van der Waals surface area contributed by atoms with Crippen molar-refractivity contribution in [1.29, 1.82) is 0 Å². The summed E-state index contributed by atoms with van der Waals surface area (Å²) in [5.41, 5.74) is 1.70. The molecule has 1 atom stereocenters. The van der Waals surface area contributed by atoms with E-state index >= 15 is 0 Å². The summed E-state index contributed by atoms with van der Waals surface area (Å²) in [7, 11) is 2.04. The number of nitro groups is 1. The molecule has 19 heavy (non-hydrogen) atoms. The Balaban J connectivity index is 2.92. The second-order valence-electron chi connectivity index (χ2n) is 4.81. The first-order chi connectivity index (χ1) is 8.99. The van der Waals surface area contributed by atoms with Gasteiger partial charge in [-0.25, -0.2) is 0 Å². The second-order valence-corrected chi connectivity index (χ2v) is 4.81. The average Bonchev–Trinajstić information content (AvgIpc) is 2.39. The number of hydrogen-bond acceptors (Lipinski definition) is 4. The highest BCUT2D eigenvalue weighted by molar-refractivity contribution is 5.62. The second kappa shape index (κ2) is 7.09. The maximum Gasteiger partial charge on any atom is 0.292 e. The van der Waals surface area contributed by atoms with Crippen molar-refractivity contribution < 1.29 is 4.92 Å². The Hall–Kier alpha value is -1.62. The van der Waals surface area contributed by atoms with Crippen LogP contribution < -0.4 is 5.32 Å². The summed E-state index contributed by atoms with van der Waals surface area (Å²) in [5, 5.41) is 14.1. The molecule has 0 aliphatic heterocycles. The molecule has 0 aliphatic carbocycles. The number of hydrogen-bond donors (Lipinski definition) is 1. The number of nitrogens with one attached hydrogen (secondary N) is 1. The van der Waals surface area contributed by atoms with E-state index in [-0.39, 0.29) is 10.6 Å². The average molecular weight is 265 g/mol. The third-order valence-corrected chi connectivity index (χ3v) is 3.40. The smallest absolute Gasteiger partial charge is 0.292 e. The SMILES string of the molecule is CCNc1ccc(CN(C)C(C)CC)cc1[N+](=O)[O-]. The fraction of sp³-hybridized carbons (Fsp3) is 0.571. The Morgan fingerprint density at radius 1 is 1.42 bits per heavy atom. The molecule has 0 bridgehead atoms. The van der Waals surface area contributed by atoms with Crippen LogP contribution >= 0.6 is 0 Å². The highest BCUT2D eigenvalue weighted by Gasteiger charge is 2.15. The lowest BCUT2D eigenvalue weighted by atomic mass is 10.1. The van der Waals surface area contributed by atoms with Gasteiger partial charge in [0.05, 0.1) is 4.92 Å². The Morgan fingerprint density at radius 3 is 2.63 bits per heavy atom. The molecule has 0 radical (unpaired) electrons. The van der Waals surface area contributed by atoms with Crippen LogP contribution in [0.25, 0.3) is 0 Å². The first-order valence-corrected chi connectivity index (χ1v) is 6.71. The van der Waals surface area contributed by atoms with E-state index in [1.165, 1.54) is 0 Å². The maximum absolute atomic E-state index is 11.1. The van der Waals surface area contributed by atoms with Crippen molar-refractivity contribution in [2.75, 3.05) is 18.9 Å². The lowest BCUT2D eigenvalue weighted by Gasteiger charge is -2.23. The summed E-state index contributed by atoms with van der Waals surface area (Å²) >= 11 is 0. The molecule has 0 saturated carbocycles. The Morgan fingerprint density at radius 2 is 2.11 bits per heavy atom. The van der Waals surface area contributed by atoms with Crippen LogP contribution in [0.5, 0.6) is 0 Å². The number of anilines is 1. The van der Waals surface area contributed by atoms with Gasteiger partial charge in [-0.1, -0.05) is 13.0 Å². The van der Waals surface area contributed by atoms with E-state index in [4.69, 9.17) is 0 Å². The van der Waals surface area contributed by atoms with Crippen molar-refractivity contribution >= 4 is 11.4 Å². The highest BCUT2D eigenvalue weighted by Crippen LogP contribution is 2.26. The molecule has 0 amide bonds. The van der Waals surface area contributed by atoms with Crippen LogP contribution in [0.1, 0.15) is 32.8 Å². The molecule has 0 aromatic heterocycles. The van der Waals surface area contributed by atoms with Crippen LogP contribution in [0.3, 0.4) is 0 Å². The fourth-order valence-corrected chi connectivity index (χ4v) is 1.92. The van der Waals surface area contributed by atoms with Crippen LogP contribution in [0.2, 0.25) is 0 Å². The van der Waals surface area contributed by atoms with Gasteiger partial charge in [-0.3, -0.25) is 15.0 Å². The predicted octanol–water partition coefficient (Wildman–Crippen LogP) is 3.26. The molecule has 1 unspecified atom stereocenters. The van der Waals surface area contributed by atoms with Crippen LogP contribution in [-0.4, -0.2) is 29.5 Å². The van der Waals surface area contributed by atoms with E-state index in [2.05, 4.69) is 24.1 Å². The summed E-state index contributed by atoms with van der Waals surface area (Å²) in [4.78, 5) is 12.9. The van der Waals surface area contributed by atoms with Gasteiger partial charge in [0, 0.05) is 25.2 Å². The number of nitrogens with zero attached hydrogens (tertiary/aromatic N) is 2. The zero-order chi connectivity index (χ0) is 14.4. The summed E-state index contributed by atoms with van der Waals surface area (Å²) in [6.07, 6.45) is 1.06. The zero-order valence-electron chi connectivity index (χ0n) is 12.1. The van der Waals surface area contributed by atoms with Crippen LogP contribution in [0, 0.1) is 10.1 Å². The lowest BCUT2D eigenvalue weighted by molar-refractivity contribution is -0.384. The predicted molar refractivity (Wildman–Crippen MR) is 78.5 cm³/mol. The molecular formula is C14H23N3O2. The van der Waals surface area contributed by atoms with Gasteiger partial charge in [0.2, 0.25) is 0 Å². The van der Waals surface area contributed by atoms with Crippen molar-refractivity contribution in [3.63, 3.8) is 0 Å². The van der Waals surface area contributed by atoms with Gasteiger partial charge in [-0.15, -0.1) is 0 Å². The molecule has 5 heteroatoms. The molecule has 0 saturated heterocycles. The van der Waals surface area contributed by atoms with Gasteiger partial charge in [0.25, 0.3) is 5.69 Å². The van der Waals surface area contributed by atoms with Gasteiger partial charge >= 0.3 is 0 Å². The Kier molecular flexibility index (Phi) is 5.76. The van der Waals surface area contributed by atoms with Gasteiger partial charge in [0.15, 0.2) is 0 Å². The van der Waals surface area contributed by atoms with Gasteiger partial charge < -0.3 is 5.32 Å². The Labute approximate surface area is 114 Å². The molecule has 1 N–H and O–H groups in total. The molecule has 106 valence electrons. The first kappa shape index (κ1) is 15.4. The minimum absolute atomic E-state index is 0.150. The van der Waals surface area contributed by atoms with Crippen molar-refractivity contribution in [2.45, 2.75) is 39.8 Å². The highest BCUT2D eigenvalue weighted by atomic mass is 16.6. The quantitative estimate of drug-likeness (QED) is 0.607. The van der Waals surface area contributed by atoms with E-state index in [1.807, 2.05) is 20.0 Å². The third-order valence-electron chi connectivity index (χ3n) is 3.40. The van der Waals surface area contributed by atoms with Crippen molar-refractivity contribution in [3.05, 3.63) is 33.9 Å². The molecule has 1 aromatic rings. The van der Waals surface area contributed by atoms with E-state index < -0.39 is 0 Å². The monoisotopic (exact) mass is 265 g/mol. The van der Waals surface area contributed by atoms with E-state index in [1.54, 1.807) is 12.1 Å². The summed E-state index contributed by atoms with van der Waals surface area (Å²) in [6, 6.07) is 5.87. The molecular weight excluding hydrogens is 242 g/mol. The van der Waals surface area contributed by atoms with Crippen molar-refractivity contribution in [1.82, 2.24) is 4.90 Å². The standard InChI is InChI=1S/C14H23N3O2/c1-5-11(3)16(4)10-12-7-8-13(15-6-2)14(9-12)17(18)19/h7-9,11,15H,5-6,10H2,1-4H3. The topological polar surface area (TPSA) is 58.4 Å². The number of benzene rings is 1. The van der Waals surface area contributed by atoms with Crippen LogP contribution in [0.15, 0.2) is 18.2 Å². The van der Waals surface area contributed by atoms with E-state index in [0.717, 1.165) is 18.5 Å². The summed E-state index contributed by atoms with van der Waals surface area (Å²) < 4.78 is 0.